The molecule has 0 aliphatic carbocycles. The Morgan fingerprint density at radius 1 is 0.923 bits per heavy atom. The van der Waals surface area contributed by atoms with Gasteiger partial charge in [-0.1, -0.05) is 23.7 Å². The number of thiophene rings is 1. The Kier molecular flexibility index (Phi) is 5.27. The van der Waals surface area contributed by atoms with Gasteiger partial charge in [0.1, 0.15) is 4.21 Å². The first kappa shape index (κ1) is 20.8. The third kappa shape index (κ3) is 3.77. The second-order valence-corrected chi connectivity index (χ2v) is 8.57. The summed E-state index contributed by atoms with van der Waals surface area (Å²) in [6.07, 6.45) is -12.1. The zero-order valence-corrected chi connectivity index (χ0v) is 14.6. The van der Waals surface area contributed by atoms with E-state index in [-0.39, 0.29) is 14.2 Å². The molecular weight excluding hydrogens is 432 g/mol. The lowest BCUT2D eigenvalue weighted by Gasteiger charge is -2.32. The van der Waals surface area contributed by atoms with Gasteiger partial charge in [0.05, 0.1) is 4.34 Å². The minimum atomic E-state index is -6.03. The van der Waals surface area contributed by atoms with Crippen LogP contribution >= 0.6 is 22.9 Å². The molecule has 1 aromatic carbocycles. The maximum atomic E-state index is 12.8. The zero-order chi connectivity index (χ0) is 20.0. The first-order valence-electron chi connectivity index (χ1n) is 6.43. The standard InChI is InChI=1S/C13H8ClF6NO3S2/c14-9-5-6-10(25-9)26(23,24)21-8-3-1-7(2-4-8)11(22,12(15,16)17)13(18,19)20/h1-6,21-22H. The molecule has 0 saturated heterocycles. The highest BCUT2D eigenvalue weighted by Gasteiger charge is 2.71. The van der Waals surface area contributed by atoms with Gasteiger partial charge in [0.2, 0.25) is 0 Å². The highest BCUT2D eigenvalue weighted by atomic mass is 35.5. The van der Waals surface area contributed by atoms with Gasteiger partial charge in [0.15, 0.2) is 0 Å². The molecule has 2 rings (SSSR count). The summed E-state index contributed by atoms with van der Waals surface area (Å²) in [5.74, 6) is 0. The monoisotopic (exact) mass is 439 g/mol. The molecule has 1 aromatic heterocycles. The molecule has 0 fully saturated rings. The molecule has 0 spiro atoms. The third-order valence-electron chi connectivity index (χ3n) is 3.19. The summed E-state index contributed by atoms with van der Waals surface area (Å²) >= 11 is 6.32. The van der Waals surface area contributed by atoms with Crippen molar-refractivity contribution in [3.63, 3.8) is 0 Å². The van der Waals surface area contributed by atoms with E-state index in [1.165, 1.54) is 12.1 Å². The normalized spacial score (nSPS) is 13.7. The van der Waals surface area contributed by atoms with Crippen LogP contribution in [0.2, 0.25) is 4.34 Å². The quantitative estimate of drug-likeness (QED) is 0.689. The summed E-state index contributed by atoms with van der Waals surface area (Å²) in [6, 6.07) is 4.49. The largest absolute Gasteiger partial charge is 0.430 e. The van der Waals surface area contributed by atoms with Gasteiger partial charge in [-0.25, -0.2) is 8.42 Å². The number of sulfonamides is 1. The van der Waals surface area contributed by atoms with Crippen LogP contribution in [0.15, 0.2) is 40.6 Å². The van der Waals surface area contributed by atoms with E-state index in [4.69, 9.17) is 11.6 Å². The summed E-state index contributed by atoms with van der Waals surface area (Å²) in [7, 11) is -4.12. The van der Waals surface area contributed by atoms with Crippen molar-refractivity contribution in [1.29, 1.82) is 0 Å². The number of anilines is 1. The fourth-order valence-electron chi connectivity index (χ4n) is 1.92. The fraction of sp³-hybridized carbons (Fsp3) is 0.231. The lowest BCUT2D eigenvalue weighted by Crippen LogP contribution is -2.53. The minimum Gasteiger partial charge on any atom is -0.369 e. The van der Waals surface area contributed by atoms with Crippen molar-refractivity contribution in [2.75, 3.05) is 4.72 Å². The minimum absolute atomic E-state index is 0.168. The lowest BCUT2D eigenvalue weighted by molar-refractivity contribution is -0.376. The Hall–Kier alpha value is -1.50. The summed E-state index contributed by atoms with van der Waals surface area (Å²) in [5.41, 5.74) is -6.89. The molecule has 0 bridgehead atoms. The van der Waals surface area contributed by atoms with Crippen LogP contribution in [0.1, 0.15) is 5.56 Å². The molecule has 0 saturated carbocycles. The first-order valence-corrected chi connectivity index (χ1v) is 9.11. The molecule has 0 amide bonds. The number of rotatable bonds is 4. The van der Waals surface area contributed by atoms with Gasteiger partial charge in [-0.3, -0.25) is 4.72 Å². The average molecular weight is 440 g/mol. The van der Waals surface area contributed by atoms with Crippen molar-refractivity contribution < 1.29 is 39.9 Å². The van der Waals surface area contributed by atoms with Gasteiger partial charge in [-0.15, -0.1) is 11.3 Å². The molecule has 13 heteroatoms. The predicted molar refractivity (Wildman–Crippen MR) is 82.6 cm³/mol. The van der Waals surface area contributed by atoms with Crippen LogP contribution in [0.4, 0.5) is 32.0 Å². The summed E-state index contributed by atoms with van der Waals surface area (Å²) < 4.78 is 103. The van der Waals surface area contributed by atoms with Crippen molar-refractivity contribution in [1.82, 2.24) is 0 Å². The van der Waals surface area contributed by atoms with Crippen molar-refractivity contribution in [3.8, 4) is 0 Å². The Morgan fingerprint density at radius 3 is 1.81 bits per heavy atom. The lowest BCUT2D eigenvalue weighted by atomic mass is 9.92. The van der Waals surface area contributed by atoms with E-state index in [9.17, 15) is 39.9 Å². The van der Waals surface area contributed by atoms with Gasteiger partial charge >= 0.3 is 12.4 Å². The van der Waals surface area contributed by atoms with Gasteiger partial charge in [-0.05, 0) is 24.3 Å². The van der Waals surface area contributed by atoms with Crippen LogP contribution < -0.4 is 4.72 Å². The van der Waals surface area contributed by atoms with Crippen molar-refractivity contribution in [3.05, 3.63) is 46.3 Å². The van der Waals surface area contributed by atoms with E-state index in [1.807, 2.05) is 4.72 Å². The summed E-state index contributed by atoms with van der Waals surface area (Å²) in [4.78, 5) is 0. The average Bonchev–Trinajstić information content (AvgIpc) is 2.92. The Morgan fingerprint density at radius 2 is 1.42 bits per heavy atom. The maximum Gasteiger partial charge on any atom is 0.430 e. The molecule has 1 heterocycles. The van der Waals surface area contributed by atoms with Gasteiger partial charge in [0, 0.05) is 11.3 Å². The van der Waals surface area contributed by atoms with Gasteiger partial charge in [-0.2, -0.15) is 26.3 Å². The number of hydrogen-bond donors (Lipinski definition) is 2. The highest BCUT2D eigenvalue weighted by Crippen LogP contribution is 2.50. The molecule has 0 aliphatic rings. The van der Waals surface area contributed by atoms with Crippen LogP contribution in [0, 0.1) is 0 Å². The van der Waals surface area contributed by atoms with Gasteiger partial charge in [0.25, 0.3) is 15.6 Å². The molecular formula is C13H8ClF6NO3S2. The molecule has 0 unspecified atom stereocenters. The molecule has 2 N–H and O–H groups in total. The van der Waals surface area contributed by atoms with E-state index in [1.54, 1.807) is 0 Å². The van der Waals surface area contributed by atoms with Gasteiger partial charge < -0.3 is 5.11 Å². The summed E-state index contributed by atoms with van der Waals surface area (Å²) in [5, 5.41) is 9.26. The smallest absolute Gasteiger partial charge is 0.369 e. The van der Waals surface area contributed by atoms with Crippen LogP contribution in [0.25, 0.3) is 0 Å². The van der Waals surface area contributed by atoms with Crippen molar-refractivity contribution >= 4 is 38.6 Å². The summed E-state index contributed by atoms with van der Waals surface area (Å²) in [6.45, 7) is 0. The molecule has 26 heavy (non-hydrogen) atoms. The topological polar surface area (TPSA) is 66.4 Å². The number of halogens is 7. The Balaban J connectivity index is 2.36. The van der Waals surface area contributed by atoms with Crippen LogP contribution in [0.5, 0.6) is 0 Å². The number of aliphatic hydroxyl groups is 1. The number of hydrogen-bond acceptors (Lipinski definition) is 4. The Labute approximate surface area is 152 Å². The van der Waals surface area contributed by atoms with E-state index in [2.05, 4.69) is 0 Å². The highest BCUT2D eigenvalue weighted by molar-refractivity contribution is 7.94. The number of benzene rings is 1. The zero-order valence-electron chi connectivity index (χ0n) is 12.2. The second kappa shape index (κ2) is 6.59. The first-order chi connectivity index (χ1) is 11.7. The molecule has 0 radical (unpaired) electrons. The van der Waals surface area contributed by atoms with Crippen molar-refractivity contribution in [2.45, 2.75) is 22.2 Å². The second-order valence-electron chi connectivity index (χ2n) is 4.95. The van der Waals surface area contributed by atoms with E-state index in [0.29, 0.717) is 35.6 Å². The maximum absolute atomic E-state index is 12.8. The SMILES string of the molecule is O=S(=O)(Nc1ccc(C(O)(C(F)(F)F)C(F)(F)F)cc1)c1ccc(Cl)s1. The van der Waals surface area contributed by atoms with Crippen LogP contribution in [-0.4, -0.2) is 25.9 Å². The van der Waals surface area contributed by atoms with Crippen LogP contribution in [-0.2, 0) is 15.6 Å². The molecule has 144 valence electrons. The molecule has 0 atom stereocenters. The molecule has 2 aromatic rings. The number of alkyl halides is 6. The predicted octanol–water partition coefficient (Wildman–Crippen LogP) is 4.51. The number of nitrogens with one attached hydrogen (secondary N) is 1. The van der Waals surface area contributed by atoms with E-state index in [0.717, 1.165) is 0 Å². The van der Waals surface area contributed by atoms with E-state index < -0.39 is 33.5 Å². The van der Waals surface area contributed by atoms with Crippen LogP contribution in [0.3, 0.4) is 0 Å². The van der Waals surface area contributed by atoms with Crippen molar-refractivity contribution in [2.24, 2.45) is 0 Å². The van der Waals surface area contributed by atoms with E-state index >= 15 is 0 Å². The fourth-order valence-corrected chi connectivity index (χ4v) is 4.46. The third-order valence-corrected chi connectivity index (χ3v) is 6.29. The Bertz CT molecular complexity index is 876. The molecule has 0 aliphatic heterocycles. The molecule has 4 nitrogen and oxygen atoms in total.